The molecule has 6 N–H and O–H groups in total. The quantitative estimate of drug-likeness (QED) is 0.391. The lowest BCUT2D eigenvalue weighted by Gasteiger charge is -2.13. The molecule has 0 spiro atoms. The molecule has 1 fully saturated rings. The zero-order valence-electron chi connectivity index (χ0n) is 10.6. The smallest absolute Gasteiger partial charge is 0.276 e. The van der Waals surface area contributed by atoms with Gasteiger partial charge in [-0.15, -0.1) is 0 Å². The van der Waals surface area contributed by atoms with Crippen molar-refractivity contribution in [2.45, 2.75) is 31.2 Å². The summed E-state index contributed by atoms with van der Waals surface area (Å²) < 4.78 is 5.43. The second kappa shape index (κ2) is 5.99. The van der Waals surface area contributed by atoms with Crippen LogP contribution in [0.2, 0.25) is 0 Å². The van der Waals surface area contributed by atoms with E-state index in [1.54, 1.807) is 0 Å². The Morgan fingerprint density at radius 1 is 1.60 bits per heavy atom. The number of aliphatic hydroxyl groups excluding tert-OH is 2. The van der Waals surface area contributed by atoms with Crippen LogP contribution >= 0.6 is 0 Å². The molecule has 20 heavy (non-hydrogen) atoms. The van der Waals surface area contributed by atoms with Crippen molar-refractivity contribution in [2.75, 3.05) is 17.7 Å². The van der Waals surface area contributed by atoms with Gasteiger partial charge in [0.05, 0.1) is 24.5 Å². The van der Waals surface area contributed by atoms with Gasteiger partial charge in [-0.05, 0) is 0 Å². The summed E-state index contributed by atoms with van der Waals surface area (Å²) in [7, 11) is 0. The van der Waals surface area contributed by atoms with E-state index < -0.39 is 23.9 Å². The molecular weight excluding hydrogens is 268 g/mol. The monoisotopic (exact) mass is 284 g/mol. The zero-order chi connectivity index (χ0) is 14.7. The number of nitrogens with two attached hydrogens (primary N) is 1. The average molecular weight is 284 g/mol. The van der Waals surface area contributed by atoms with Crippen LogP contribution in [0.3, 0.4) is 0 Å². The lowest BCUT2D eigenvalue weighted by Crippen LogP contribution is -2.25. The van der Waals surface area contributed by atoms with E-state index in [1.165, 1.54) is 0 Å². The lowest BCUT2D eigenvalue weighted by molar-refractivity contribution is -0.105. The average Bonchev–Trinajstić information content (AvgIpc) is 2.73. The molecule has 0 saturated carbocycles. The minimum atomic E-state index is -0.771. The fourth-order valence-corrected chi connectivity index (χ4v) is 2.22. The molecule has 1 aliphatic rings. The molecule has 1 saturated heterocycles. The third-order valence-electron chi connectivity index (χ3n) is 3.12. The maximum absolute atomic E-state index is 11.7. The predicted molar refractivity (Wildman–Crippen MR) is 69.0 cm³/mol. The number of amides is 1. The van der Waals surface area contributed by atoms with Crippen LogP contribution in [0.1, 0.15) is 12.1 Å². The summed E-state index contributed by atoms with van der Waals surface area (Å²) in [6, 6.07) is 0. The van der Waals surface area contributed by atoms with Crippen molar-refractivity contribution >= 4 is 18.0 Å². The highest BCUT2D eigenvalue weighted by Crippen LogP contribution is 2.24. The number of hydrogen-bond donors (Lipinski definition) is 5. The van der Waals surface area contributed by atoms with E-state index in [9.17, 15) is 14.7 Å². The van der Waals surface area contributed by atoms with Gasteiger partial charge in [-0.3, -0.25) is 14.6 Å². The molecule has 0 aromatic carbocycles. The van der Waals surface area contributed by atoms with E-state index in [1.807, 2.05) is 0 Å². The van der Waals surface area contributed by atoms with Gasteiger partial charge < -0.3 is 26.0 Å². The maximum atomic E-state index is 11.7. The molecule has 1 aliphatic heterocycles. The summed E-state index contributed by atoms with van der Waals surface area (Å²) in [6.07, 6.45) is -0.970. The number of hydrogen-bond acceptors (Lipinski definition) is 7. The van der Waals surface area contributed by atoms with Crippen molar-refractivity contribution in [3.05, 3.63) is 16.0 Å². The number of H-pyrrole nitrogens is 1. The molecule has 3 atom stereocenters. The Kier molecular flexibility index (Phi) is 4.32. The number of nitrogen functional groups attached to an aromatic ring is 1. The molecule has 1 aromatic rings. The Labute approximate surface area is 113 Å². The van der Waals surface area contributed by atoms with E-state index in [0.29, 0.717) is 12.8 Å². The highest BCUT2D eigenvalue weighted by Gasteiger charge is 2.34. The molecule has 0 unspecified atom stereocenters. The number of carbonyl (C=O) groups excluding carboxylic acids is 1. The standard InChI is InChI=1S/C11H16N4O5/c12-11-14-6(9(13-4-17)10(19)15-11)1-5-2-7(18)8(3-16)20-5/h4-5,7-8,16,18H,1-3H2,(H,13,17)(H3,12,14,15,19)/t5-,7+,8+/m0/s1. The van der Waals surface area contributed by atoms with Crippen LogP contribution in [0.15, 0.2) is 4.79 Å². The van der Waals surface area contributed by atoms with Gasteiger partial charge in [0.15, 0.2) is 0 Å². The van der Waals surface area contributed by atoms with Gasteiger partial charge in [-0.1, -0.05) is 0 Å². The molecule has 1 amide bonds. The number of nitrogens with zero attached hydrogens (tertiary/aromatic N) is 1. The SMILES string of the molecule is Nc1nc(C[C@H]2C[C@@H](O)[C@@H](CO)O2)c(NC=O)c(=O)[nH]1. The van der Waals surface area contributed by atoms with Gasteiger partial charge in [-0.25, -0.2) is 4.98 Å². The van der Waals surface area contributed by atoms with Gasteiger partial charge in [0.1, 0.15) is 11.8 Å². The summed E-state index contributed by atoms with van der Waals surface area (Å²) in [6.45, 7) is -0.290. The summed E-state index contributed by atoms with van der Waals surface area (Å²) in [4.78, 5) is 28.5. The van der Waals surface area contributed by atoms with Gasteiger partial charge in [0, 0.05) is 12.8 Å². The molecule has 9 heteroatoms. The van der Waals surface area contributed by atoms with Crippen LogP contribution in [0.4, 0.5) is 11.6 Å². The third-order valence-corrected chi connectivity index (χ3v) is 3.12. The highest BCUT2D eigenvalue weighted by atomic mass is 16.5. The summed E-state index contributed by atoms with van der Waals surface area (Å²) in [5.74, 6) is -0.0706. The van der Waals surface area contributed by atoms with Gasteiger partial charge in [-0.2, -0.15) is 0 Å². The van der Waals surface area contributed by atoms with Crippen molar-refractivity contribution in [3.63, 3.8) is 0 Å². The van der Waals surface area contributed by atoms with Gasteiger partial charge in [0.2, 0.25) is 12.4 Å². The number of anilines is 2. The fourth-order valence-electron chi connectivity index (χ4n) is 2.22. The second-order valence-corrected chi connectivity index (χ2v) is 4.52. The van der Waals surface area contributed by atoms with Crippen molar-refractivity contribution in [1.29, 1.82) is 0 Å². The number of aromatic nitrogens is 2. The van der Waals surface area contributed by atoms with Crippen molar-refractivity contribution in [3.8, 4) is 0 Å². The number of carbonyl (C=O) groups is 1. The molecule has 0 aliphatic carbocycles. The van der Waals surface area contributed by atoms with Gasteiger partial charge >= 0.3 is 0 Å². The first-order valence-electron chi connectivity index (χ1n) is 6.08. The van der Waals surface area contributed by atoms with Crippen molar-refractivity contribution in [2.24, 2.45) is 0 Å². The molecule has 2 heterocycles. The highest BCUT2D eigenvalue weighted by molar-refractivity contribution is 5.72. The van der Waals surface area contributed by atoms with E-state index in [-0.39, 0.29) is 30.4 Å². The number of rotatable bonds is 5. The zero-order valence-corrected chi connectivity index (χ0v) is 10.6. The van der Waals surface area contributed by atoms with Crippen molar-refractivity contribution in [1.82, 2.24) is 9.97 Å². The first-order chi connectivity index (χ1) is 9.55. The number of nitrogens with one attached hydrogen (secondary N) is 2. The molecular formula is C11H16N4O5. The minimum absolute atomic E-state index is 0.000242. The first-order valence-corrected chi connectivity index (χ1v) is 6.08. The number of aliphatic hydroxyl groups is 2. The van der Waals surface area contributed by atoms with Crippen LogP contribution in [0, 0.1) is 0 Å². The Morgan fingerprint density at radius 3 is 2.95 bits per heavy atom. The Morgan fingerprint density at radius 2 is 2.35 bits per heavy atom. The van der Waals surface area contributed by atoms with E-state index in [4.69, 9.17) is 15.6 Å². The normalized spacial score (nSPS) is 25.6. The number of ether oxygens (including phenoxy) is 1. The molecule has 110 valence electrons. The van der Waals surface area contributed by atoms with E-state index in [0.717, 1.165) is 0 Å². The predicted octanol–water partition coefficient (Wildman–Crippen LogP) is -2.03. The minimum Gasteiger partial charge on any atom is -0.394 e. The van der Waals surface area contributed by atoms with E-state index in [2.05, 4.69) is 15.3 Å². The summed E-state index contributed by atoms with van der Waals surface area (Å²) in [5, 5.41) is 20.9. The molecule has 0 bridgehead atoms. The largest absolute Gasteiger partial charge is 0.394 e. The molecule has 0 radical (unpaired) electrons. The molecule has 1 aromatic heterocycles. The Bertz CT molecular complexity index is 546. The van der Waals surface area contributed by atoms with Crippen LogP contribution < -0.4 is 16.6 Å². The Hall–Kier alpha value is -1.97. The number of aromatic amines is 1. The van der Waals surface area contributed by atoms with Crippen molar-refractivity contribution < 1.29 is 19.7 Å². The first kappa shape index (κ1) is 14.4. The van der Waals surface area contributed by atoms with Crippen LogP contribution in [0.25, 0.3) is 0 Å². The third kappa shape index (κ3) is 2.95. The van der Waals surface area contributed by atoms with Crippen LogP contribution in [-0.2, 0) is 16.0 Å². The summed E-state index contributed by atoms with van der Waals surface area (Å²) in [5.41, 5.74) is 5.18. The van der Waals surface area contributed by atoms with Crippen LogP contribution in [-0.4, -0.2) is 51.5 Å². The van der Waals surface area contributed by atoms with E-state index >= 15 is 0 Å². The topological polar surface area (TPSA) is 151 Å². The van der Waals surface area contributed by atoms with Crippen LogP contribution in [0.5, 0.6) is 0 Å². The Balaban J connectivity index is 2.21. The molecule has 2 rings (SSSR count). The second-order valence-electron chi connectivity index (χ2n) is 4.52. The lowest BCUT2D eigenvalue weighted by atomic mass is 10.1. The fraction of sp³-hybridized carbons (Fsp3) is 0.545. The van der Waals surface area contributed by atoms with Gasteiger partial charge in [0.25, 0.3) is 5.56 Å². The maximum Gasteiger partial charge on any atom is 0.276 e. The molecule has 9 nitrogen and oxygen atoms in total. The summed E-state index contributed by atoms with van der Waals surface area (Å²) >= 11 is 0.